The normalized spacial score (nSPS) is 22.8. The number of aromatic amines is 1. The fourth-order valence-corrected chi connectivity index (χ4v) is 2.25. The molecule has 0 saturated carbocycles. The summed E-state index contributed by atoms with van der Waals surface area (Å²) in [6.45, 7) is 4.30. The Morgan fingerprint density at radius 3 is 3.21 bits per heavy atom. The van der Waals surface area contributed by atoms with Gasteiger partial charge in [-0.25, -0.2) is 0 Å². The minimum absolute atomic E-state index is 0.0675. The molecule has 0 aromatic carbocycles. The summed E-state index contributed by atoms with van der Waals surface area (Å²) in [6, 6.07) is 4.19. The van der Waals surface area contributed by atoms with Crippen molar-refractivity contribution in [2.24, 2.45) is 0 Å². The Labute approximate surface area is 83.8 Å². The Hall–Kier alpha value is -1.09. The molecular formula is C11H16N2O. The van der Waals surface area contributed by atoms with Crippen molar-refractivity contribution in [3.05, 3.63) is 34.2 Å². The van der Waals surface area contributed by atoms with Crippen LogP contribution in [0.2, 0.25) is 0 Å². The largest absolute Gasteiger partial charge is 0.329 e. The fraction of sp³-hybridized carbons (Fsp3) is 0.545. The molecule has 1 saturated heterocycles. The number of pyridine rings is 1. The molecule has 3 nitrogen and oxygen atoms in total. The molecule has 1 aliphatic rings. The van der Waals surface area contributed by atoms with E-state index in [1.165, 1.54) is 6.42 Å². The van der Waals surface area contributed by atoms with E-state index in [1.807, 2.05) is 12.1 Å². The Bertz CT molecular complexity index is 358. The Balaban J connectivity index is 2.30. The average Bonchev–Trinajstić information content (AvgIpc) is 2.66. The van der Waals surface area contributed by atoms with E-state index >= 15 is 0 Å². The van der Waals surface area contributed by atoms with Crippen LogP contribution in [-0.2, 0) is 0 Å². The number of likely N-dealkylation sites (tertiary alicyclic amines) is 1. The summed E-state index contributed by atoms with van der Waals surface area (Å²) in [4.78, 5) is 16.7. The highest BCUT2D eigenvalue weighted by atomic mass is 16.1. The number of hydrogen-bond acceptors (Lipinski definition) is 2. The van der Waals surface area contributed by atoms with Gasteiger partial charge in [0, 0.05) is 17.8 Å². The highest BCUT2D eigenvalue weighted by molar-refractivity contribution is 5.15. The molecule has 3 heteroatoms. The molecule has 1 aliphatic heterocycles. The van der Waals surface area contributed by atoms with E-state index in [0.29, 0.717) is 6.04 Å². The topological polar surface area (TPSA) is 36.1 Å². The van der Waals surface area contributed by atoms with Gasteiger partial charge in [0.25, 0.3) is 5.56 Å². The molecule has 1 aromatic rings. The van der Waals surface area contributed by atoms with Crippen LogP contribution in [-0.4, -0.2) is 23.0 Å². The molecule has 0 amide bonds. The highest BCUT2D eigenvalue weighted by Gasteiger charge is 2.25. The van der Waals surface area contributed by atoms with Gasteiger partial charge in [-0.05, 0) is 32.0 Å². The zero-order valence-electron chi connectivity index (χ0n) is 8.49. The maximum atomic E-state index is 11.6. The Kier molecular flexibility index (Phi) is 2.68. The van der Waals surface area contributed by atoms with Crippen LogP contribution in [0.15, 0.2) is 23.1 Å². The van der Waals surface area contributed by atoms with Crippen molar-refractivity contribution >= 4 is 0 Å². The molecule has 1 atom stereocenters. The standard InChI is InChI=1S/C11H16N2O/c1-2-13-8-4-6-10(13)9-5-3-7-12-11(9)14/h3,5,7,10H,2,4,6,8H2,1H3,(H,12,14)/t10-/m1/s1. The van der Waals surface area contributed by atoms with Gasteiger partial charge in [-0.1, -0.05) is 13.0 Å². The van der Waals surface area contributed by atoms with Crippen LogP contribution in [0, 0.1) is 0 Å². The van der Waals surface area contributed by atoms with E-state index in [0.717, 1.165) is 25.1 Å². The summed E-state index contributed by atoms with van der Waals surface area (Å²) >= 11 is 0. The molecule has 76 valence electrons. The van der Waals surface area contributed by atoms with E-state index < -0.39 is 0 Å². The molecule has 2 heterocycles. The van der Waals surface area contributed by atoms with Gasteiger partial charge in [-0.15, -0.1) is 0 Å². The van der Waals surface area contributed by atoms with Crippen molar-refractivity contribution in [2.75, 3.05) is 13.1 Å². The summed E-state index contributed by atoms with van der Waals surface area (Å²) in [5, 5.41) is 0. The van der Waals surface area contributed by atoms with Gasteiger partial charge in [0.15, 0.2) is 0 Å². The first-order valence-electron chi connectivity index (χ1n) is 5.24. The van der Waals surface area contributed by atoms with E-state index in [-0.39, 0.29) is 5.56 Å². The fourth-order valence-electron chi connectivity index (χ4n) is 2.25. The highest BCUT2D eigenvalue weighted by Crippen LogP contribution is 2.28. The number of aromatic nitrogens is 1. The monoisotopic (exact) mass is 192 g/mol. The van der Waals surface area contributed by atoms with Crippen LogP contribution in [0.4, 0.5) is 0 Å². The van der Waals surface area contributed by atoms with Crippen LogP contribution >= 0.6 is 0 Å². The summed E-state index contributed by atoms with van der Waals surface area (Å²) in [5.74, 6) is 0. The summed E-state index contributed by atoms with van der Waals surface area (Å²) in [6.07, 6.45) is 4.00. The maximum absolute atomic E-state index is 11.6. The minimum Gasteiger partial charge on any atom is -0.329 e. The predicted octanol–water partition coefficient (Wildman–Crippen LogP) is 1.53. The second kappa shape index (κ2) is 3.96. The lowest BCUT2D eigenvalue weighted by molar-refractivity contribution is 0.270. The molecule has 14 heavy (non-hydrogen) atoms. The van der Waals surface area contributed by atoms with Crippen LogP contribution in [0.5, 0.6) is 0 Å². The van der Waals surface area contributed by atoms with E-state index in [9.17, 15) is 4.79 Å². The Morgan fingerprint density at radius 1 is 1.64 bits per heavy atom. The van der Waals surface area contributed by atoms with Crippen molar-refractivity contribution in [2.45, 2.75) is 25.8 Å². The second-order valence-corrected chi connectivity index (χ2v) is 3.74. The van der Waals surface area contributed by atoms with Crippen LogP contribution < -0.4 is 5.56 Å². The lowest BCUT2D eigenvalue weighted by atomic mass is 10.1. The molecule has 0 radical (unpaired) electrons. The quantitative estimate of drug-likeness (QED) is 0.771. The van der Waals surface area contributed by atoms with Crippen molar-refractivity contribution in [1.29, 1.82) is 0 Å². The van der Waals surface area contributed by atoms with Crippen molar-refractivity contribution in [3.63, 3.8) is 0 Å². The average molecular weight is 192 g/mol. The van der Waals surface area contributed by atoms with E-state index in [1.54, 1.807) is 6.20 Å². The van der Waals surface area contributed by atoms with Gasteiger partial charge in [-0.3, -0.25) is 9.69 Å². The summed E-state index contributed by atoms with van der Waals surface area (Å²) in [7, 11) is 0. The van der Waals surface area contributed by atoms with Gasteiger partial charge >= 0.3 is 0 Å². The van der Waals surface area contributed by atoms with Gasteiger partial charge in [-0.2, -0.15) is 0 Å². The molecular weight excluding hydrogens is 176 g/mol. The third-order valence-electron chi connectivity index (χ3n) is 2.98. The van der Waals surface area contributed by atoms with Crippen LogP contribution in [0.1, 0.15) is 31.4 Å². The summed E-state index contributed by atoms with van der Waals surface area (Å²) < 4.78 is 0. The molecule has 0 bridgehead atoms. The first kappa shape index (κ1) is 9.46. The zero-order valence-corrected chi connectivity index (χ0v) is 8.49. The predicted molar refractivity (Wildman–Crippen MR) is 56.3 cm³/mol. The number of nitrogens with zero attached hydrogens (tertiary/aromatic N) is 1. The van der Waals surface area contributed by atoms with Gasteiger partial charge in [0.05, 0.1) is 0 Å². The minimum atomic E-state index is 0.0675. The lowest BCUT2D eigenvalue weighted by Gasteiger charge is -2.21. The SMILES string of the molecule is CCN1CCC[C@@H]1c1ccc[nH]c1=O. The number of rotatable bonds is 2. The molecule has 0 spiro atoms. The smallest absolute Gasteiger partial charge is 0.252 e. The number of nitrogens with one attached hydrogen (secondary N) is 1. The molecule has 0 unspecified atom stereocenters. The maximum Gasteiger partial charge on any atom is 0.252 e. The van der Waals surface area contributed by atoms with Gasteiger partial charge in [0.1, 0.15) is 0 Å². The van der Waals surface area contributed by atoms with Crippen molar-refractivity contribution < 1.29 is 0 Å². The summed E-state index contributed by atoms with van der Waals surface area (Å²) in [5.41, 5.74) is 0.990. The molecule has 1 N–H and O–H groups in total. The molecule has 1 aromatic heterocycles. The second-order valence-electron chi connectivity index (χ2n) is 3.74. The van der Waals surface area contributed by atoms with Crippen molar-refractivity contribution in [3.8, 4) is 0 Å². The number of H-pyrrole nitrogens is 1. The first-order chi connectivity index (χ1) is 6.83. The number of hydrogen-bond donors (Lipinski definition) is 1. The zero-order chi connectivity index (χ0) is 9.97. The molecule has 2 rings (SSSR count). The van der Waals surface area contributed by atoms with E-state index in [2.05, 4.69) is 16.8 Å². The van der Waals surface area contributed by atoms with E-state index in [4.69, 9.17) is 0 Å². The first-order valence-corrected chi connectivity index (χ1v) is 5.24. The molecule has 0 aliphatic carbocycles. The van der Waals surface area contributed by atoms with Crippen molar-refractivity contribution in [1.82, 2.24) is 9.88 Å². The van der Waals surface area contributed by atoms with Crippen LogP contribution in [0.3, 0.4) is 0 Å². The third kappa shape index (κ3) is 1.60. The lowest BCUT2D eigenvalue weighted by Crippen LogP contribution is -2.27. The molecule has 1 fully saturated rings. The Morgan fingerprint density at radius 2 is 2.50 bits per heavy atom. The third-order valence-corrected chi connectivity index (χ3v) is 2.98. The van der Waals surface area contributed by atoms with Gasteiger partial charge < -0.3 is 4.98 Å². The van der Waals surface area contributed by atoms with Crippen LogP contribution in [0.25, 0.3) is 0 Å². The van der Waals surface area contributed by atoms with Gasteiger partial charge in [0.2, 0.25) is 0 Å².